The molecule has 0 radical (unpaired) electrons. The summed E-state index contributed by atoms with van der Waals surface area (Å²) in [5.41, 5.74) is 0. The first kappa shape index (κ1) is 19.7. The molecule has 0 spiro atoms. The fraction of sp³-hybridized carbons (Fsp3) is 0.538. The normalized spacial score (nSPS) is 15.5. The van der Waals surface area contributed by atoms with E-state index < -0.39 is 20.5 Å². The van der Waals surface area contributed by atoms with Gasteiger partial charge in [0.15, 0.2) is 0 Å². The van der Waals surface area contributed by atoms with Crippen LogP contribution >= 0.6 is 30.9 Å². The molecule has 0 heterocycles. The van der Waals surface area contributed by atoms with Crippen LogP contribution in [0.3, 0.4) is 0 Å². The maximum absolute atomic E-state index is 13.1. The monoisotopic (exact) mass is 371 g/mol. The fourth-order valence-corrected chi connectivity index (χ4v) is 3.98. The largest absolute Gasteiger partial charge is 0.461 e. The highest BCUT2D eigenvalue weighted by Crippen LogP contribution is 2.51. The van der Waals surface area contributed by atoms with E-state index in [0.717, 1.165) is 0 Å². The quantitative estimate of drug-likeness (QED) is 0.459. The predicted molar refractivity (Wildman–Crippen MR) is 86.7 cm³/mol. The van der Waals surface area contributed by atoms with Crippen LogP contribution in [0.2, 0.25) is 0 Å². The summed E-state index contributed by atoms with van der Waals surface area (Å²) in [6.07, 6.45) is -1.15. The number of hydrogen-bond donors (Lipinski definition) is 2. The lowest BCUT2D eigenvalue weighted by molar-refractivity contribution is 0.0452. The number of hydrogen-bond acceptors (Lipinski definition) is 5. The third-order valence-electron chi connectivity index (χ3n) is 2.64. The van der Waals surface area contributed by atoms with Crippen molar-refractivity contribution in [2.24, 2.45) is 0 Å². The molecule has 0 amide bonds. The number of alkyl halides is 2. The molecule has 22 heavy (non-hydrogen) atoms. The van der Waals surface area contributed by atoms with Crippen molar-refractivity contribution in [3.63, 3.8) is 0 Å². The lowest BCUT2D eigenvalue weighted by Crippen LogP contribution is -2.30. The second-order valence-electron chi connectivity index (χ2n) is 4.34. The van der Waals surface area contributed by atoms with Crippen LogP contribution in [0.25, 0.3) is 0 Å². The Morgan fingerprint density at radius 1 is 1.18 bits per heavy atom. The van der Waals surface area contributed by atoms with Crippen molar-refractivity contribution in [3.05, 3.63) is 30.3 Å². The Bertz CT molecular complexity index is 459. The third kappa shape index (κ3) is 6.42. The van der Waals surface area contributed by atoms with E-state index in [1.165, 1.54) is 4.67 Å². The van der Waals surface area contributed by atoms with E-state index >= 15 is 0 Å². The van der Waals surface area contributed by atoms with Crippen LogP contribution in [0.5, 0.6) is 5.75 Å². The number of aliphatic hydroxyl groups is 2. The zero-order valence-electron chi connectivity index (χ0n) is 12.0. The van der Waals surface area contributed by atoms with Gasteiger partial charge in [0.05, 0.1) is 13.2 Å². The molecule has 0 bridgehead atoms. The molecule has 0 aliphatic carbocycles. The summed E-state index contributed by atoms with van der Waals surface area (Å²) in [4.78, 5) is 0. The highest BCUT2D eigenvalue weighted by atomic mass is 35.5. The molecule has 1 aromatic carbocycles. The molecule has 0 saturated heterocycles. The second kappa shape index (κ2) is 10.4. The molecular weight excluding hydrogens is 352 g/mol. The number of halogens is 2. The van der Waals surface area contributed by atoms with Gasteiger partial charge in [-0.25, -0.2) is 4.57 Å². The molecule has 0 aromatic heterocycles. The van der Waals surface area contributed by atoms with Crippen LogP contribution in [0, 0.1) is 0 Å². The van der Waals surface area contributed by atoms with Gasteiger partial charge in [-0.3, -0.25) is 4.52 Å². The van der Waals surface area contributed by atoms with Crippen molar-refractivity contribution >= 4 is 30.9 Å². The summed E-state index contributed by atoms with van der Waals surface area (Å²) < 4.78 is 25.3. The molecule has 9 heteroatoms. The van der Waals surface area contributed by atoms with Crippen molar-refractivity contribution in [1.82, 2.24) is 4.67 Å². The molecule has 1 rings (SSSR count). The maximum Gasteiger partial charge on any atom is 0.461 e. The van der Waals surface area contributed by atoms with Crippen LogP contribution in [0.1, 0.15) is 0 Å². The van der Waals surface area contributed by atoms with Gasteiger partial charge in [-0.05, 0) is 12.1 Å². The Hall–Kier alpha value is -0.330. The Balaban J connectivity index is 2.93. The third-order valence-corrected chi connectivity index (χ3v) is 4.98. The first-order valence-electron chi connectivity index (χ1n) is 6.71. The van der Waals surface area contributed by atoms with Crippen molar-refractivity contribution in [2.75, 3.05) is 38.1 Å². The SMILES string of the molecule is O=[P@@](OC[C@@H](O)CO)(Oc1ccccc1)N(CCCl)CCCl. The molecular formula is C13H20Cl2NO5P. The lowest BCUT2D eigenvalue weighted by atomic mass is 10.3. The standard InChI is InChI=1S/C13H20Cl2NO5P/c14-6-8-16(9-7-15)22(19,20-11-12(18)10-17)21-13-4-2-1-3-5-13/h1-5,12,17-18H,6-11H2/t12-,22-/m0/s1. The topological polar surface area (TPSA) is 79.2 Å². The first-order valence-corrected chi connectivity index (χ1v) is 9.27. The number of nitrogens with zero attached hydrogens (tertiary/aromatic N) is 1. The molecule has 0 aliphatic heterocycles. The van der Waals surface area contributed by atoms with Crippen molar-refractivity contribution in [1.29, 1.82) is 0 Å². The molecule has 0 unspecified atom stereocenters. The van der Waals surface area contributed by atoms with E-state index in [4.69, 9.17) is 37.4 Å². The van der Waals surface area contributed by atoms with Gasteiger partial charge in [-0.15, -0.1) is 23.2 Å². The van der Waals surface area contributed by atoms with Gasteiger partial charge in [0.1, 0.15) is 11.9 Å². The van der Waals surface area contributed by atoms with Crippen LogP contribution in [0.4, 0.5) is 0 Å². The summed E-state index contributed by atoms with van der Waals surface area (Å²) in [5.74, 6) is 0.786. The number of benzene rings is 1. The summed E-state index contributed by atoms with van der Waals surface area (Å²) in [5, 5.41) is 18.3. The van der Waals surface area contributed by atoms with Gasteiger partial charge in [0, 0.05) is 24.8 Å². The predicted octanol–water partition coefficient (Wildman–Crippen LogP) is 2.32. The molecule has 6 nitrogen and oxygen atoms in total. The van der Waals surface area contributed by atoms with Crippen molar-refractivity contribution < 1.29 is 23.8 Å². The van der Waals surface area contributed by atoms with E-state index in [0.29, 0.717) is 5.75 Å². The van der Waals surface area contributed by atoms with Crippen molar-refractivity contribution in [2.45, 2.75) is 6.10 Å². The molecule has 126 valence electrons. The van der Waals surface area contributed by atoms with E-state index in [9.17, 15) is 9.67 Å². The highest BCUT2D eigenvalue weighted by Gasteiger charge is 2.35. The number of aliphatic hydroxyl groups excluding tert-OH is 2. The Kier molecular flexibility index (Phi) is 9.36. The minimum absolute atomic E-state index is 0.213. The summed E-state index contributed by atoms with van der Waals surface area (Å²) >= 11 is 11.4. The second-order valence-corrected chi connectivity index (χ2v) is 7.04. The molecule has 0 fully saturated rings. The van der Waals surface area contributed by atoms with E-state index in [1.807, 2.05) is 0 Å². The van der Waals surface area contributed by atoms with Crippen LogP contribution in [0.15, 0.2) is 30.3 Å². The first-order chi connectivity index (χ1) is 10.6. The van der Waals surface area contributed by atoms with E-state index in [1.54, 1.807) is 30.3 Å². The Morgan fingerprint density at radius 2 is 1.77 bits per heavy atom. The zero-order chi connectivity index (χ0) is 16.4. The van der Waals surface area contributed by atoms with E-state index in [-0.39, 0.29) is 31.5 Å². The smallest absolute Gasteiger partial charge is 0.413 e. The minimum Gasteiger partial charge on any atom is -0.413 e. The number of para-hydroxylation sites is 1. The van der Waals surface area contributed by atoms with Gasteiger partial charge in [-0.2, -0.15) is 4.67 Å². The van der Waals surface area contributed by atoms with Gasteiger partial charge in [-0.1, -0.05) is 18.2 Å². The zero-order valence-corrected chi connectivity index (χ0v) is 14.4. The summed E-state index contributed by atoms with van der Waals surface area (Å²) in [6, 6.07) is 8.53. The van der Waals surface area contributed by atoms with Crippen LogP contribution < -0.4 is 4.52 Å². The Morgan fingerprint density at radius 3 is 2.27 bits per heavy atom. The minimum atomic E-state index is -3.76. The summed E-state index contributed by atoms with van der Waals surface area (Å²) in [6.45, 7) is -0.348. The average molecular weight is 372 g/mol. The van der Waals surface area contributed by atoms with Gasteiger partial charge in [0.25, 0.3) is 0 Å². The Labute approximate surface area is 140 Å². The fourth-order valence-electron chi connectivity index (χ4n) is 1.57. The molecule has 0 aliphatic rings. The summed E-state index contributed by atoms with van der Waals surface area (Å²) in [7, 11) is -3.76. The number of rotatable bonds is 11. The maximum atomic E-state index is 13.1. The molecule has 2 atom stereocenters. The molecule has 0 saturated carbocycles. The average Bonchev–Trinajstić information content (AvgIpc) is 2.53. The molecule has 1 aromatic rings. The van der Waals surface area contributed by atoms with E-state index in [2.05, 4.69) is 0 Å². The highest BCUT2D eigenvalue weighted by molar-refractivity contribution is 7.51. The van der Waals surface area contributed by atoms with Gasteiger partial charge in [0.2, 0.25) is 0 Å². The lowest BCUT2D eigenvalue weighted by Gasteiger charge is -2.29. The van der Waals surface area contributed by atoms with Crippen LogP contribution in [-0.4, -0.2) is 59.1 Å². The van der Waals surface area contributed by atoms with Crippen LogP contribution in [-0.2, 0) is 9.09 Å². The van der Waals surface area contributed by atoms with Gasteiger partial charge >= 0.3 is 7.75 Å². The molecule has 2 N–H and O–H groups in total. The van der Waals surface area contributed by atoms with Crippen molar-refractivity contribution in [3.8, 4) is 5.75 Å². The van der Waals surface area contributed by atoms with Gasteiger partial charge < -0.3 is 14.7 Å².